The predicted octanol–water partition coefficient (Wildman–Crippen LogP) is 4.61. The molecule has 156 valence electrons. The molecule has 2 rings (SSSR count). The minimum atomic E-state index is -4.54. The molecular formula is C20H28F3N3O2. The van der Waals surface area contributed by atoms with E-state index in [4.69, 9.17) is 10.5 Å². The standard InChI is InChI=1S/C20H28F3N3O2/c1-3-4-5-6-7-10-28-17-9-8-14(11-15(17)20(21,22)23)16-12-25-18(26-16)19(2,24)13-27/h8-9,11-12,27H,3-7,10,13,24H2,1-2H3,(H,25,26)/t19-/m0/s1. The van der Waals surface area contributed by atoms with Crippen molar-refractivity contribution in [1.29, 1.82) is 0 Å². The minimum absolute atomic E-state index is 0.175. The van der Waals surface area contributed by atoms with Crippen molar-refractivity contribution in [2.24, 2.45) is 5.73 Å². The van der Waals surface area contributed by atoms with Gasteiger partial charge in [0.2, 0.25) is 0 Å². The topological polar surface area (TPSA) is 84.2 Å². The highest BCUT2D eigenvalue weighted by Gasteiger charge is 2.35. The Morgan fingerprint density at radius 3 is 2.54 bits per heavy atom. The number of H-pyrrole nitrogens is 1. The Bertz CT molecular complexity index is 757. The summed E-state index contributed by atoms with van der Waals surface area (Å²) in [4.78, 5) is 6.97. The van der Waals surface area contributed by atoms with E-state index < -0.39 is 17.3 Å². The molecule has 0 spiro atoms. The van der Waals surface area contributed by atoms with Gasteiger partial charge >= 0.3 is 6.18 Å². The Morgan fingerprint density at radius 1 is 1.18 bits per heavy atom. The number of halogens is 3. The van der Waals surface area contributed by atoms with Crippen LogP contribution in [0, 0.1) is 0 Å². The highest BCUT2D eigenvalue weighted by molar-refractivity contribution is 5.62. The molecule has 1 aromatic carbocycles. The zero-order valence-electron chi connectivity index (χ0n) is 16.3. The molecule has 5 nitrogen and oxygen atoms in total. The zero-order chi connectivity index (χ0) is 20.8. The fourth-order valence-electron chi connectivity index (χ4n) is 2.77. The third kappa shape index (κ3) is 5.72. The smallest absolute Gasteiger partial charge is 0.419 e. The SMILES string of the molecule is CCCCCCCOc1ccc(-c2cnc([C@@](C)(N)CO)[nH]2)cc1C(F)(F)F. The number of aliphatic hydroxyl groups is 1. The number of nitrogens with one attached hydrogen (secondary N) is 1. The molecular weight excluding hydrogens is 371 g/mol. The first-order chi connectivity index (χ1) is 13.2. The summed E-state index contributed by atoms with van der Waals surface area (Å²) in [6.45, 7) is 3.59. The second kappa shape index (κ2) is 9.43. The summed E-state index contributed by atoms with van der Waals surface area (Å²) in [5.41, 5.74) is 4.68. The predicted molar refractivity (Wildman–Crippen MR) is 102 cm³/mol. The Labute approximate surface area is 163 Å². The van der Waals surface area contributed by atoms with Gasteiger partial charge in [-0.05, 0) is 31.5 Å². The molecule has 0 saturated heterocycles. The van der Waals surface area contributed by atoms with Gasteiger partial charge < -0.3 is 20.6 Å². The van der Waals surface area contributed by atoms with Crippen molar-refractivity contribution in [2.45, 2.75) is 57.7 Å². The Kier molecular flexibility index (Phi) is 7.48. The monoisotopic (exact) mass is 399 g/mol. The first kappa shape index (κ1) is 22.2. The van der Waals surface area contributed by atoms with E-state index >= 15 is 0 Å². The fraction of sp³-hybridized carbons (Fsp3) is 0.550. The maximum Gasteiger partial charge on any atom is 0.419 e. The summed E-state index contributed by atoms with van der Waals surface area (Å²) < 4.78 is 45.9. The highest BCUT2D eigenvalue weighted by atomic mass is 19.4. The van der Waals surface area contributed by atoms with Crippen LogP contribution in [-0.2, 0) is 11.7 Å². The second-order valence-electron chi connectivity index (χ2n) is 7.19. The molecule has 0 unspecified atom stereocenters. The van der Waals surface area contributed by atoms with Crippen LogP contribution >= 0.6 is 0 Å². The van der Waals surface area contributed by atoms with Crippen molar-refractivity contribution in [2.75, 3.05) is 13.2 Å². The average Bonchev–Trinajstić information content (AvgIpc) is 3.15. The molecule has 0 radical (unpaired) electrons. The van der Waals surface area contributed by atoms with E-state index in [0.29, 0.717) is 17.1 Å². The third-order valence-corrected chi connectivity index (χ3v) is 4.55. The summed E-state index contributed by atoms with van der Waals surface area (Å²) in [5, 5.41) is 9.31. The molecule has 1 aromatic heterocycles. The Balaban J connectivity index is 2.18. The molecule has 2 aromatic rings. The van der Waals surface area contributed by atoms with Crippen LogP contribution in [0.5, 0.6) is 5.75 Å². The largest absolute Gasteiger partial charge is 0.493 e. The van der Waals surface area contributed by atoms with Crippen LogP contribution < -0.4 is 10.5 Å². The van der Waals surface area contributed by atoms with Crippen LogP contribution in [0.3, 0.4) is 0 Å². The van der Waals surface area contributed by atoms with Crippen molar-refractivity contribution in [1.82, 2.24) is 9.97 Å². The number of aromatic nitrogens is 2. The molecule has 0 fully saturated rings. The number of ether oxygens (including phenoxy) is 1. The van der Waals surface area contributed by atoms with Crippen molar-refractivity contribution < 1.29 is 23.0 Å². The molecule has 0 amide bonds. The van der Waals surface area contributed by atoms with Crippen LogP contribution in [0.2, 0.25) is 0 Å². The average molecular weight is 399 g/mol. The molecule has 8 heteroatoms. The molecule has 1 atom stereocenters. The van der Waals surface area contributed by atoms with Gasteiger partial charge in [0.15, 0.2) is 0 Å². The fourth-order valence-corrected chi connectivity index (χ4v) is 2.77. The van der Waals surface area contributed by atoms with Crippen molar-refractivity contribution >= 4 is 0 Å². The summed E-state index contributed by atoms with van der Waals surface area (Å²) in [6.07, 6.45) is 1.81. The third-order valence-electron chi connectivity index (χ3n) is 4.55. The molecule has 1 heterocycles. The number of alkyl halides is 3. The Morgan fingerprint density at radius 2 is 1.89 bits per heavy atom. The van der Waals surface area contributed by atoms with Crippen LogP contribution in [-0.4, -0.2) is 28.3 Å². The molecule has 4 N–H and O–H groups in total. The maximum absolute atomic E-state index is 13.5. The summed E-state index contributed by atoms with van der Waals surface area (Å²) >= 11 is 0. The normalized spacial score (nSPS) is 14.1. The van der Waals surface area contributed by atoms with E-state index in [2.05, 4.69) is 16.9 Å². The van der Waals surface area contributed by atoms with Crippen molar-refractivity contribution in [3.8, 4) is 17.0 Å². The van der Waals surface area contributed by atoms with E-state index in [1.54, 1.807) is 13.0 Å². The lowest BCUT2D eigenvalue weighted by atomic mass is 10.1. The molecule has 0 saturated carbocycles. The van der Waals surface area contributed by atoms with Gasteiger partial charge in [0.05, 0.1) is 36.2 Å². The van der Waals surface area contributed by atoms with E-state index in [-0.39, 0.29) is 19.0 Å². The molecule has 0 aliphatic rings. The highest BCUT2D eigenvalue weighted by Crippen LogP contribution is 2.38. The van der Waals surface area contributed by atoms with E-state index in [0.717, 1.165) is 38.2 Å². The Hall–Kier alpha value is -2.06. The molecule has 0 aliphatic carbocycles. The number of unbranched alkanes of at least 4 members (excludes halogenated alkanes) is 4. The van der Waals surface area contributed by atoms with Crippen LogP contribution in [0.25, 0.3) is 11.3 Å². The lowest BCUT2D eigenvalue weighted by Gasteiger charge is -2.18. The number of hydrogen-bond acceptors (Lipinski definition) is 4. The van der Waals surface area contributed by atoms with E-state index in [1.165, 1.54) is 12.3 Å². The minimum Gasteiger partial charge on any atom is -0.493 e. The van der Waals surface area contributed by atoms with E-state index in [1.807, 2.05) is 0 Å². The number of nitrogens with two attached hydrogens (primary N) is 1. The van der Waals surface area contributed by atoms with Gasteiger partial charge in [-0.15, -0.1) is 0 Å². The number of imidazole rings is 1. The van der Waals surface area contributed by atoms with Gasteiger partial charge in [-0.1, -0.05) is 32.6 Å². The second-order valence-corrected chi connectivity index (χ2v) is 7.19. The number of nitrogens with zero attached hydrogens (tertiary/aromatic N) is 1. The van der Waals surface area contributed by atoms with Crippen LogP contribution in [0.4, 0.5) is 13.2 Å². The number of hydrogen-bond donors (Lipinski definition) is 3. The van der Waals surface area contributed by atoms with Gasteiger partial charge in [-0.3, -0.25) is 0 Å². The number of aliphatic hydroxyl groups excluding tert-OH is 1. The lowest BCUT2D eigenvalue weighted by molar-refractivity contribution is -0.138. The summed E-state index contributed by atoms with van der Waals surface area (Å²) in [7, 11) is 0. The van der Waals surface area contributed by atoms with Crippen LogP contribution in [0.1, 0.15) is 57.3 Å². The van der Waals surface area contributed by atoms with Gasteiger partial charge in [0.25, 0.3) is 0 Å². The lowest BCUT2D eigenvalue weighted by Crippen LogP contribution is -2.38. The quantitative estimate of drug-likeness (QED) is 0.510. The van der Waals surface area contributed by atoms with Gasteiger partial charge in [-0.25, -0.2) is 4.98 Å². The first-order valence-corrected chi connectivity index (χ1v) is 9.48. The first-order valence-electron chi connectivity index (χ1n) is 9.48. The van der Waals surface area contributed by atoms with Gasteiger partial charge in [0.1, 0.15) is 11.6 Å². The summed E-state index contributed by atoms with van der Waals surface area (Å²) in [6, 6.07) is 3.92. The maximum atomic E-state index is 13.5. The van der Waals surface area contributed by atoms with Crippen molar-refractivity contribution in [3.63, 3.8) is 0 Å². The molecule has 0 bridgehead atoms. The molecule has 28 heavy (non-hydrogen) atoms. The molecule has 0 aliphatic heterocycles. The van der Waals surface area contributed by atoms with E-state index in [9.17, 15) is 18.3 Å². The number of aromatic amines is 1. The number of rotatable bonds is 10. The summed E-state index contributed by atoms with van der Waals surface area (Å²) in [5.74, 6) is 0.122. The zero-order valence-corrected chi connectivity index (χ0v) is 16.3. The van der Waals surface area contributed by atoms with Gasteiger partial charge in [0, 0.05) is 5.56 Å². The van der Waals surface area contributed by atoms with Crippen molar-refractivity contribution in [3.05, 3.63) is 35.8 Å². The van der Waals surface area contributed by atoms with Crippen LogP contribution in [0.15, 0.2) is 24.4 Å². The van der Waals surface area contributed by atoms with Gasteiger partial charge in [-0.2, -0.15) is 13.2 Å². The number of benzene rings is 1.